The van der Waals surface area contributed by atoms with Crippen LogP contribution in [0.15, 0.2) is 5.38 Å². The number of nitrogens with zero attached hydrogens (tertiary/aromatic N) is 3. The van der Waals surface area contributed by atoms with Crippen LogP contribution in [0.4, 0.5) is 0 Å². The molecule has 0 bridgehead atoms. The molecule has 7 heteroatoms. The quantitative estimate of drug-likeness (QED) is 0.783. The summed E-state index contributed by atoms with van der Waals surface area (Å²) < 4.78 is 4.89. The van der Waals surface area contributed by atoms with Crippen molar-refractivity contribution >= 4 is 23.2 Å². The summed E-state index contributed by atoms with van der Waals surface area (Å²) in [4.78, 5) is 32.3. The predicted molar refractivity (Wildman–Crippen MR) is 78.6 cm³/mol. The minimum atomic E-state index is -0.458. The molecule has 2 aliphatic rings. The highest BCUT2D eigenvalue weighted by molar-refractivity contribution is 7.11. The Balaban J connectivity index is 1.59. The molecule has 6 nitrogen and oxygen atoms in total. The van der Waals surface area contributed by atoms with Crippen molar-refractivity contribution in [2.45, 2.75) is 25.8 Å². The van der Waals surface area contributed by atoms with Crippen LogP contribution in [0.2, 0.25) is 0 Å². The second-order valence-electron chi connectivity index (χ2n) is 5.32. The van der Waals surface area contributed by atoms with Gasteiger partial charge in [0.25, 0.3) is 5.91 Å². The van der Waals surface area contributed by atoms with Crippen molar-refractivity contribution in [3.63, 3.8) is 0 Å². The summed E-state index contributed by atoms with van der Waals surface area (Å²) in [5.74, 6) is -0.544. The van der Waals surface area contributed by atoms with E-state index in [4.69, 9.17) is 4.74 Å². The number of rotatable bonds is 4. The zero-order chi connectivity index (χ0) is 14.8. The Hall–Kier alpha value is -1.47. The fourth-order valence-corrected chi connectivity index (χ4v) is 3.23. The third-order valence-electron chi connectivity index (χ3n) is 3.84. The lowest BCUT2D eigenvalue weighted by molar-refractivity contribution is 0.0525. The van der Waals surface area contributed by atoms with Gasteiger partial charge in [0.05, 0.1) is 6.61 Å². The molecule has 1 aliphatic heterocycles. The van der Waals surface area contributed by atoms with E-state index in [0.717, 1.165) is 43.6 Å². The molecular formula is C14H19N3O3S. The van der Waals surface area contributed by atoms with Crippen molar-refractivity contribution in [2.24, 2.45) is 0 Å². The van der Waals surface area contributed by atoms with Gasteiger partial charge >= 0.3 is 5.97 Å². The van der Waals surface area contributed by atoms with Gasteiger partial charge in [-0.25, -0.2) is 9.78 Å². The SMILES string of the molecule is CCOC(=O)c1nc(C(=O)N2CCN(C3CC3)CC2)cs1. The minimum Gasteiger partial charge on any atom is -0.461 e. The Labute approximate surface area is 127 Å². The molecule has 21 heavy (non-hydrogen) atoms. The molecular weight excluding hydrogens is 290 g/mol. The van der Waals surface area contributed by atoms with Crippen molar-refractivity contribution in [3.05, 3.63) is 16.1 Å². The van der Waals surface area contributed by atoms with E-state index in [9.17, 15) is 9.59 Å². The van der Waals surface area contributed by atoms with Crippen molar-refractivity contribution in [1.82, 2.24) is 14.8 Å². The summed E-state index contributed by atoms with van der Waals surface area (Å²) in [6, 6.07) is 0.747. The van der Waals surface area contributed by atoms with Crippen LogP contribution in [0.25, 0.3) is 0 Å². The number of carbonyl (C=O) groups excluding carboxylic acids is 2. The maximum absolute atomic E-state index is 12.4. The molecule has 0 aromatic carbocycles. The molecule has 1 aromatic rings. The average Bonchev–Trinajstić information content (AvgIpc) is 3.23. The molecule has 1 aliphatic carbocycles. The smallest absolute Gasteiger partial charge is 0.367 e. The zero-order valence-electron chi connectivity index (χ0n) is 12.1. The first-order chi connectivity index (χ1) is 10.2. The summed E-state index contributed by atoms with van der Waals surface area (Å²) in [6.45, 7) is 5.40. The highest BCUT2D eigenvalue weighted by Crippen LogP contribution is 2.27. The van der Waals surface area contributed by atoms with Crippen molar-refractivity contribution < 1.29 is 14.3 Å². The first-order valence-electron chi connectivity index (χ1n) is 7.35. The molecule has 0 radical (unpaired) electrons. The van der Waals surface area contributed by atoms with Crippen LogP contribution in [0, 0.1) is 0 Å². The zero-order valence-corrected chi connectivity index (χ0v) is 12.9. The van der Waals surface area contributed by atoms with Gasteiger partial charge in [0.15, 0.2) is 0 Å². The molecule has 3 rings (SSSR count). The molecule has 2 heterocycles. The normalized spacial score (nSPS) is 19.6. The van der Waals surface area contributed by atoms with E-state index < -0.39 is 5.97 Å². The number of aromatic nitrogens is 1. The lowest BCUT2D eigenvalue weighted by Gasteiger charge is -2.34. The second kappa shape index (κ2) is 6.11. The fourth-order valence-electron chi connectivity index (χ4n) is 2.55. The number of thiazole rings is 1. The van der Waals surface area contributed by atoms with Gasteiger partial charge in [-0.3, -0.25) is 9.69 Å². The Kier molecular flexibility index (Phi) is 4.21. The fraction of sp³-hybridized carbons (Fsp3) is 0.643. The number of hydrogen-bond acceptors (Lipinski definition) is 6. The predicted octanol–water partition coefficient (Wildman–Crippen LogP) is 1.24. The van der Waals surface area contributed by atoms with Crippen LogP contribution in [-0.4, -0.2) is 65.5 Å². The van der Waals surface area contributed by atoms with E-state index in [1.165, 1.54) is 12.8 Å². The van der Waals surface area contributed by atoms with Crippen LogP contribution in [0.3, 0.4) is 0 Å². The Bertz CT molecular complexity index is 533. The largest absolute Gasteiger partial charge is 0.461 e. The summed E-state index contributed by atoms with van der Waals surface area (Å²) in [6.07, 6.45) is 2.59. The standard InChI is InChI=1S/C14H19N3O3S/c1-2-20-14(19)12-15-11(9-21-12)13(18)17-7-5-16(6-8-17)10-3-4-10/h9-10H,2-8H2,1H3. The van der Waals surface area contributed by atoms with Crippen molar-refractivity contribution in [2.75, 3.05) is 32.8 Å². The molecule has 0 N–H and O–H groups in total. The van der Waals surface area contributed by atoms with Crippen LogP contribution in [-0.2, 0) is 4.74 Å². The van der Waals surface area contributed by atoms with Gasteiger partial charge in [-0.15, -0.1) is 11.3 Å². The first kappa shape index (κ1) is 14.5. The molecule has 1 aromatic heterocycles. The van der Waals surface area contributed by atoms with E-state index in [0.29, 0.717) is 12.3 Å². The van der Waals surface area contributed by atoms with E-state index in [1.54, 1.807) is 12.3 Å². The van der Waals surface area contributed by atoms with Crippen LogP contribution in [0.5, 0.6) is 0 Å². The van der Waals surface area contributed by atoms with Crippen molar-refractivity contribution in [1.29, 1.82) is 0 Å². The van der Waals surface area contributed by atoms with Gasteiger partial charge in [0.2, 0.25) is 5.01 Å². The molecule has 1 saturated carbocycles. The average molecular weight is 309 g/mol. The Morgan fingerprint density at radius 2 is 2.05 bits per heavy atom. The molecule has 1 amide bonds. The third kappa shape index (κ3) is 3.24. The first-order valence-corrected chi connectivity index (χ1v) is 8.23. The highest BCUT2D eigenvalue weighted by Gasteiger charge is 2.33. The Morgan fingerprint density at radius 1 is 1.33 bits per heavy atom. The van der Waals surface area contributed by atoms with E-state index in [1.807, 2.05) is 4.90 Å². The number of esters is 1. The molecule has 0 spiro atoms. The van der Waals surface area contributed by atoms with Gasteiger partial charge in [-0.05, 0) is 19.8 Å². The number of hydrogen-bond donors (Lipinski definition) is 0. The van der Waals surface area contributed by atoms with Gasteiger partial charge in [-0.2, -0.15) is 0 Å². The van der Waals surface area contributed by atoms with Crippen LogP contribution >= 0.6 is 11.3 Å². The molecule has 0 atom stereocenters. The second-order valence-corrected chi connectivity index (χ2v) is 6.18. The van der Waals surface area contributed by atoms with E-state index >= 15 is 0 Å². The summed E-state index contributed by atoms with van der Waals surface area (Å²) in [7, 11) is 0. The molecule has 2 fully saturated rings. The third-order valence-corrected chi connectivity index (χ3v) is 4.66. The highest BCUT2D eigenvalue weighted by atomic mass is 32.1. The topological polar surface area (TPSA) is 62.7 Å². The number of amides is 1. The summed E-state index contributed by atoms with van der Waals surface area (Å²) in [5, 5.41) is 1.89. The maximum Gasteiger partial charge on any atom is 0.367 e. The van der Waals surface area contributed by atoms with Gasteiger partial charge < -0.3 is 9.64 Å². The minimum absolute atomic E-state index is 0.0859. The maximum atomic E-state index is 12.4. The number of carbonyl (C=O) groups is 2. The van der Waals surface area contributed by atoms with Crippen LogP contribution in [0.1, 0.15) is 40.1 Å². The summed E-state index contributed by atoms with van der Waals surface area (Å²) >= 11 is 1.16. The molecule has 114 valence electrons. The number of ether oxygens (including phenoxy) is 1. The monoisotopic (exact) mass is 309 g/mol. The number of piperazine rings is 1. The van der Waals surface area contributed by atoms with Gasteiger partial charge in [0, 0.05) is 37.6 Å². The molecule has 0 unspecified atom stereocenters. The van der Waals surface area contributed by atoms with E-state index in [-0.39, 0.29) is 10.9 Å². The van der Waals surface area contributed by atoms with Crippen molar-refractivity contribution in [3.8, 4) is 0 Å². The molecule has 1 saturated heterocycles. The van der Waals surface area contributed by atoms with Gasteiger partial charge in [0.1, 0.15) is 5.69 Å². The Morgan fingerprint density at radius 3 is 2.67 bits per heavy atom. The van der Waals surface area contributed by atoms with Gasteiger partial charge in [-0.1, -0.05) is 0 Å². The lowest BCUT2D eigenvalue weighted by Crippen LogP contribution is -2.49. The van der Waals surface area contributed by atoms with Crippen LogP contribution < -0.4 is 0 Å². The lowest BCUT2D eigenvalue weighted by atomic mass is 10.3. The van der Waals surface area contributed by atoms with E-state index in [2.05, 4.69) is 9.88 Å². The summed E-state index contributed by atoms with van der Waals surface area (Å²) in [5.41, 5.74) is 0.350.